The van der Waals surface area contributed by atoms with Crippen molar-refractivity contribution in [2.45, 2.75) is 38.8 Å². The first kappa shape index (κ1) is 19.4. The number of hydrogen-bond donors (Lipinski definition) is 1. The third-order valence-corrected chi connectivity index (χ3v) is 6.93. The quantitative estimate of drug-likeness (QED) is 0.807. The topological polar surface area (TPSA) is 50.8 Å². The van der Waals surface area contributed by atoms with Crippen LogP contribution in [0.15, 0.2) is 48.5 Å². The van der Waals surface area contributed by atoms with Gasteiger partial charge in [0.1, 0.15) is 11.9 Å². The maximum Gasteiger partial charge on any atom is 0.407 e. The molecule has 0 saturated carbocycles. The Balaban J connectivity index is 1.35. The molecule has 1 unspecified atom stereocenters. The van der Waals surface area contributed by atoms with E-state index in [2.05, 4.69) is 54.4 Å². The first-order valence-corrected chi connectivity index (χ1v) is 11.0. The summed E-state index contributed by atoms with van der Waals surface area (Å²) >= 11 is 0. The number of carbonyl (C=O) groups excluding carboxylic acids is 1. The lowest BCUT2D eigenvalue weighted by atomic mass is 9.78. The van der Waals surface area contributed by atoms with Crippen LogP contribution in [-0.2, 0) is 4.74 Å². The van der Waals surface area contributed by atoms with Crippen molar-refractivity contribution in [2.24, 2.45) is 11.3 Å². The van der Waals surface area contributed by atoms with Crippen LogP contribution in [0.5, 0.6) is 5.75 Å². The Labute approximate surface area is 178 Å². The van der Waals surface area contributed by atoms with E-state index in [9.17, 15) is 4.79 Å². The zero-order chi connectivity index (χ0) is 20.7. The Morgan fingerprint density at radius 1 is 1.10 bits per heavy atom. The molecule has 6 rings (SSSR count). The molecule has 5 heteroatoms. The summed E-state index contributed by atoms with van der Waals surface area (Å²) in [5.41, 5.74) is 3.05. The molecule has 4 aliphatic heterocycles. The van der Waals surface area contributed by atoms with Crippen molar-refractivity contribution in [2.75, 3.05) is 26.2 Å². The van der Waals surface area contributed by atoms with Crippen molar-refractivity contribution >= 4 is 6.09 Å². The summed E-state index contributed by atoms with van der Waals surface area (Å²) in [4.78, 5) is 15.2. The van der Waals surface area contributed by atoms with Crippen LogP contribution in [0.25, 0.3) is 11.1 Å². The van der Waals surface area contributed by atoms with Crippen LogP contribution in [0.1, 0.15) is 38.3 Å². The Morgan fingerprint density at radius 2 is 1.87 bits per heavy atom. The highest BCUT2D eigenvalue weighted by Crippen LogP contribution is 2.44. The maximum absolute atomic E-state index is 12.8. The average Bonchev–Trinajstić information content (AvgIpc) is 2.77. The third-order valence-electron chi connectivity index (χ3n) is 6.93. The van der Waals surface area contributed by atoms with Gasteiger partial charge in [-0.3, -0.25) is 4.90 Å². The number of alkyl carbamates (subject to hydrolysis) is 1. The average molecular weight is 407 g/mol. The zero-order valence-electron chi connectivity index (χ0n) is 17.8. The zero-order valence-corrected chi connectivity index (χ0v) is 17.8. The molecule has 1 amide bonds. The van der Waals surface area contributed by atoms with Gasteiger partial charge in [-0.25, -0.2) is 4.79 Å². The summed E-state index contributed by atoms with van der Waals surface area (Å²) in [5, 5.41) is 3.17. The normalized spacial score (nSPS) is 28.9. The van der Waals surface area contributed by atoms with Crippen LogP contribution in [0, 0.1) is 11.3 Å². The number of hydrogen-bond acceptors (Lipinski definition) is 4. The molecule has 3 saturated heterocycles. The van der Waals surface area contributed by atoms with Crippen molar-refractivity contribution in [1.29, 1.82) is 0 Å². The number of nitrogens with zero attached hydrogens (tertiary/aromatic N) is 1. The monoisotopic (exact) mass is 406 g/mol. The van der Waals surface area contributed by atoms with Gasteiger partial charge in [-0.15, -0.1) is 0 Å². The molecule has 2 atom stereocenters. The molecule has 3 fully saturated rings. The lowest BCUT2D eigenvalue weighted by Gasteiger charge is -2.44. The fourth-order valence-corrected chi connectivity index (χ4v) is 5.08. The summed E-state index contributed by atoms with van der Waals surface area (Å²) in [6.07, 6.45) is 1.96. The van der Waals surface area contributed by atoms with Crippen molar-refractivity contribution in [3.63, 3.8) is 0 Å². The highest BCUT2D eigenvalue weighted by molar-refractivity contribution is 5.70. The molecular weight excluding hydrogens is 376 g/mol. The second kappa shape index (κ2) is 7.62. The van der Waals surface area contributed by atoms with Gasteiger partial charge in [-0.2, -0.15) is 0 Å². The molecule has 4 heterocycles. The predicted octanol–water partition coefficient (Wildman–Crippen LogP) is 4.63. The highest BCUT2D eigenvalue weighted by atomic mass is 16.6. The molecule has 1 N–H and O–H groups in total. The minimum absolute atomic E-state index is 0.00961. The van der Waals surface area contributed by atoms with Crippen LogP contribution < -0.4 is 10.1 Å². The first-order chi connectivity index (χ1) is 14.5. The smallest absolute Gasteiger partial charge is 0.407 e. The second-order valence-corrected chi connectivity index (χ2v) is 9.56. The van der Waals surface area contributed by atoms with E-state index in [4.69, 9.17) is 9.47 Å². The summed E-state index contributed by atoms with van der Waals surface area (Å²) in [6, 6.07) is 16.4. The molecule has 0 aliphatic carbocycles. The van der Waals surface area contributed by atoms with Crippen LogP contribution in [-0.4, -0.2) is 43.3 Å². The molecule has 0 aromatic heterocycles. The van der Waals surface area contributed by atoms with Gasteiger partial charge in [-0.05, 0) is 49.0 Å². The summed E-state index contributed by atoms with van der Waals surface area (Å²) < 4.78 is 12.0. The van der Waals surface area contributed by atoms with Crippen molar-refractivity contribution in [3.05, 3.63) is 54.1 Å². The number of amides is 1. The lowest BCUT2D eigenvalue weighted by Crippen LogP contribution is -2.53. The maximum atomic E-state index is 12.8. The minimum atomic E-state index is -0.313. The molecule has 5 nitrogen and oxygen atoms in total. The largest absolute Gasteiger partial charge is 0.493 e. The third kappa shape index (κ3) is 3.67. The second-order valence-electron chi connectivity index (χ2n) is 9.56. The van der Waals surface area contributed by atoms with Gasteiger partial charge < -0.3 is 14.8 Å². The van der Waals surface area contributed by atoms with Crippen molar-refractivity contribution in [1.82, 2.24) is 10.2 Å². The van der Waals surface area contributed by atoms with Gasteiger partial charge in [0.05, 0.1) is 12.6 Å². The van der Waals surface area contributed by atoms with Crippen molar-refractivity contribution < 1.29 is 14.3 Å². The summed E-state index contributed by atoms with van der Waals surface area (Å²) in [7, 11) is 0. The minimum Gasteiger partial charge on any atom is -0.493 e. The molecule has 0 spiro atoms. The highest BCUT2D eigenvalue weighted by Gasteiger charge is 2.41. The van der Waals surface area contributed by atoms with Gasteiger partial charge in [0.25, 0.3) is 0 Å². The number of benzene rings is 2. The Morgan fingerprint density at radius 3 is 2.57 bits per heavy atom. The van der Waals surface area contributed by atoms with Gasteiger partial charge in [0, 0.05) is 17.5 Å². The van der Waals surface area contributed by atoms with E-state index < -0.39 is 0 Å². The Kier molecular flexibility index (Phi) is 4.94. The molecule has 4 aliphatic rings. The van der Waals surface area contributed by atoms with Crippen LogP contribution >= 0.6 is 0 Å². The molecule has 2 aromatic carbocycles. The molecule has 2 aromatic rings. The van der Waals surface area contributed by atoms with Gasteiger partial charge in [0.15, 0.2) is 0 Å². The number of fused-ring (bicyclic) bond motifs is 4. The molecule has 158 valence electrons. The van der Waals surface area contributed by atoms with Gasteiger partial charge >= 0.3 is 6.09 Å². The van der Waals surface area contributed by atoms with Gasteiger partial charge in [-0.1, -0.05) is 56.3 Å². The van der Waals surface area contributed by atoms with Gasteiger partial charge in [0.2, 0.25) is 0 Å². The molecule has 30 heavy (non-hydrogen) atoms. The molecular formula is C25H30N2O3. The number of rotatable bonds is 3. The standard InChI is InChI=1S/C25H30N2O3/c1-25(2)16-29-21-14-19(17-6-4-3-5-7-17)8-9-20(21)23(25)26-24(28)30-22-15-27-12-10-18(22)11-13-27/h3-9,14,18,22-23H,10-13,15-16H2,1-2H3,(H,26,28)/t22-,23?/m1/s1. The van der Waals surface area contributed by atoms with E-state index in [-0.39, 0.29) is 23.7 Å². The summed E-state index contributed by atoms with van der Waals surface area (Å²) in [6.45, 7) is 7.93. The molecule has 2 bridgehead atoms. The number of ether oxygens (including phenoxy) is 2. The van der Waals surface area contributed by atoms with E-state index in [0.29, 0.717) is 12.5 Å². The number of piperidine rings is 3. The Bertz CT molecular complexity index is 919. The van der Waals surface area contributed by atoms with E-state index in [0.717, 1.165) is 54.9 Å². The lowest BCUT2D eigenvalue weighted by molar-refractivity contribution is -0.0361. The van der Waals surface area contributed by atoms with E-state index >= 15 is 0 Å². The fraction of sp³-hybridized carbons (Fsp3) is 0.480. The SMILES string of the molecule is CC1(C)COc2cc(-c3ccccc3)ccc2C1NC(=O)O[C@@H]1CN2CCC1CC2. The van der Waals surface area contributed by atoms with E-state index in [1.54, 1.807) is 0 Å². The van der Waals surface area contributed by atoms with Crippen LogP contribution in [0.2, 0.25) is 0 Å². The summed E-state index contributed by atoms with van der Waals surface area (Å²) in [5.74, 6) is 1.34. The number of carbonyl (C=O) groups is 1. The van der Waals surface area contributed by atoms with E-state index in [1.165, 1.54) is 0 Å². The molecule has 0 radical (unpaired) electrons. The van der Waals surface area contributed by atoms with Crippen LogP contribution in [0.3, 0.4) is 0 Å². The predicted molar refractivity (Wildman–Crippen MR) is 116 cm³/mol. The van der Waals surface area contributed by atoms with Crippen molar-refractivity contribution in [3.8, 4) is 16.9 Å². The fourth-order valence-electron chi connectivity index (χ4n) is 5.08. The van der Waals surface area contributed by atoms with E-state index in [1.807, 2.05) is 18.2 Å². The van der Waals surface area contributed by atoms with Crippen LogP contribution in [0.4, 0.5) is 4.79 Å². The first-order valence-electron chi connectivity index (χ1n) is 11.0. The Hall–Kier alpha value is -2.53. The number of nitrogens with one attached hydrogen (secondary N) is 1.